The maximum Gasteiger partial charge on any atom is 0.250 e. The number of nitrogens with zero attached hydrogens (tertiary/aromatic N) is 3. The average Bonchev–Trinajstić information content (AvgIpc) is 2.53. The smallest absolute Gasteiger partial charge is 0.250 e. The van der Waals surface area contributed by atoms with Gasteiger partial charge in [0.1, 0.15) is 0 Å². The zero-order chi connectivity index (χ0) is 17.4. The van der Waals surface area contributed by atoms with Gasteiger partial charge >= 0.3 is 0 Å². The van der Waals surface area contributed by atoms with Gasteiger partial charge in [0.15, 0.2) is 5.16 Å². The number of aryl methyl sites for hydroxylation is 2. The molecule has 0 aliphatic heterocycles. The normalized spacial score (nSPS) is 11.7. The summed E-state index contributed by atoms with van der Waals surface area (Å²) in [5.41, 5.74) is 5.14. The van der Waals surface area contributed by atoms with Crippen LogP contribution >= 0.6 is 23.4 Å². The number of aromatic nitrogens is 2. The zero-order valence-electron chi connectivity index (χ0n) is 13.4. The average molecular weight is 361 g/mol. The Balaban J connectivity index is 1.81. The lowest BCUT2D eigenvalue weighted by Gasteiger charge is -2.02. The molecule has 0 saturated heterocycles. The van der Waals surface area contributed by atoms with E-state index in [0.29, 0.717) is 10.2 Å². The fraction of sp³-hybridized carbons (Fsp3) is 0.176. The number of carbonyl (C=O) groups excluding carboxylic acids is 1. The van der Waals surface area contributed by atoms with E-state index in [-0.39, 0.29) is 11.7 Å². The minimum Gasteiger partial charge on any atom is -0.272 e. The first-order valence-electron chi connectivity index (χ1n) is 7.22. The van der Waals surface area contributed by atoms with Gasteiger partial charge in [0.2, 0.25) is 0 Å². The zero-order valence-corrected chi connectivity index (χ0v) is 14.9. The molecule has 24 heavy (non-hydrogen) atoms. The molecule has 0 atom stereocenters. The van der Waals surface area contributed by atoms with E-state index in [2.05, 4.69) is 20.5 Å². The number of hydrazone groups is 1. The van der Waals surface area contributed by atoms with Crippen molar-refractivity contribution in [1.82, 2.24) is 15.4 Å². The summed E-state index contributed by atoms with van der Waals surface area (Å²) in [5.74, 6) is -0.0662. The predicted octanol–water partition coefficient (Wildman–Crippen LogP) is 3.57. The summed E-state index contributed by atoms with van der Waals surface area (Å²) in [7, 11) is 0. The first-order valence-corrected chi connectivity index (χ1v) is 8.58. The third-order valence-corrected chi connectivity index (χ3v) is 3.83. The van der Waals surface area contributed by atoms with Crippen LogP contribution in [0.3, 0.4) is 0 Å². The number of rotatable bonds is 6. The van der Waals surface area contributed by atoms with Crippen LogP contribution in [0.15, 0.2) is 51.7 Å². The van der Waals surface area contributed by atoms with Gasteiger partial charge in [0.05, 0.1) is 17.0 Å². The maximum atomic E-state index is 11.8. The summed E-state index contributed by atoms with van der Waals surface area (Å²) in [4.78, 5) is 20.3. The third-order valence-electron chi connectivity index (χ3n) is 2.78. The summed E-state index contributed by atoms with van der Waals surface area (Å²) in [6, 6.07) is 11.5. The second-order valence-electron chi connectivity index (χ2n) is 4.96. The van der Waals surface area contributed by atoms with Crippen LogP contribution in [-0.2, 0) is 4.79 Å². The molecule has 0 fully saturated rings. The number of nitrogens with one attached hydrogen (secondary N) is 1. The Morgan fingerprint density at radius 2 is 1.92 bits per heavy atom. The standard InChI is InChI=1S/C17H17ClN4OS/c1-12-8-13(2)21-17(20-12)24-11-16(23)22-19-10-15(18)9-14-6-4-3-5-7-14/h3-10H,11H2,1-2H3,(H,22,23)/b15-9-,19-10-. The molecule has 2 aromatic rings. The molecule has 124 valence electrons. The molecule has 0 aliphatic rings. The largest absolute Gasteiger partial charge is 0.272 e. The summed E-state index contributed by atoms with van der Waals surface area (Å²) < 4.78 is 0. The Labute approximate surface area is 150 Å². The lowest BCUT2D eigenvalue weighted by molar-refractivity contribution is -0.118. The van der Waals surface area contributed by atoms with E-state index in [4.69, 9.17) is 11.6 Å². The molecule has 1 heterocycles. The molecular formula is C17H17ClN4OS. The van der Waals surface area contributed by atoms with Gasteiger partial charge in [-0.15, -0.1) is 0 Å². The summed E-state index contributed by atoms with van der Waals surface area (Å²) in [6.45, 7) is 3.79. The first-order chi connectivity index (χ1) is 11.5. The predicted molar refractivity (Wildman–Crippen MR) is 99.1 cm³/mol. The summed E-state index contributed by atoms with van der Waals surface area (Å²) >= 11 is 7.30. The number of hydrogen-bond donors (Lipinski definition) is 1. The number of thioether (sulfide) groups is 1. The molecule has 5 nitrogen and oxygen atoms in total. The number of hydrogen-bond acceptors (Lipinski definition) is 5. The molecule has 1 N–H and O–H groups in total. The second kappa shape index (κ2) is 9.20. The van der Waals surface area contributed by atoms with Crippen molar-refractivity contribution in [2.75, 3.05) is 5.75 Å². The highest BCUT2D eigenvalue weighted by atomic mass is 35.5. The van der Waals surface area contributed by atoms with E-state index in [1.165, 1.54) is 18.0 Å². The summed E-state index contributed by atoms with van der Waals surface area (Å²) in [5, 5.41) is 4.84. The van der Waals surface area contributed by atoms with E-state index < -0.39 is 0 Å². The van der Waals surface area contributed by atoms with Gasteiger partial charge in [-0.2, -0.15) is 5.10 Å². The molecule has 7 heteroatoms. The molecule has 0 aliphatic carbocycles. The highest BCUT2D eigenvalue weighted by Gasteiger charge is 2.05. The maximum absolute atomic E-state index is 11.8. The number of allylic oxidation sites excluding steroid dienone is 1. The Morgan fingerprint density at radius 1 is 1.25 bits per heavy atom. The van der Waals surface area contributed by atoms with Gasteiger partial charge in [-0.25, -0.2) is 15.4 Å². The highest BCUT2D eigenvalue weighted by Crippen LogP contribution is 2.13. The van der Waals surface area contributed by atoms with Gasteiger partial charge in [-0.3, -0.25) is 4.79 Å². The van der Waals surface area contributed by atoms with Crippen molar-refractivity contribution in [3.8, 4) is 0 Å². The number of benzene rings is 1. The first kappa shape index (κ1) is 18.2. The van der Waals surface area contributed by atoms with Crippen molar-refractivity contribution in [3.05, 3.63) is 58.4 Å². The fourth-order valence-corrected chi connectivity index (χ4v) is 2.75. The van der Waals surface area contributed by atoms with Crippen molar-refractivity contribution in [1.29, 1.82) is 0 Å². The van der Waals surface area contributed by atoms with Crippen LogP contribution < -0.4 is 5.43 Å². The molecule has 2 rings (SSSR count). The van der Waals surface area contributed by atoms with E-state index in [0.717, 1.165) is 17.0 Å². The minimum atomic E-state index is -0.247. The van der Waals surface area contributed by atoms with Gasteiger partial charge in [-0.05, 0) is 31.6 Å². The topological polar surface area (TPSA) is 67.2 Å². The Bertz CT molecular complexity index is 742. The van der Waals surface area contributed by atoms with Gasteiger partial charge in [-0.1, -0.05) is 53.7 Å². The van der Waals surface area contributed by atoms with Gasteiger partial charge in [0.25, 0.3) is 5.91 Å². The number of carbonyl (C=O) groups is 1. The molecule has 1 amide bonds. The van der Waals surface area contributed by atoms with Crippen LogP contribution in [0.5, 0.6) is 0 Å². The van der Waals surface area contributed by atoms with E-state index >= 15 is 0 Å². The monoisotopic (exact) mass is 360 g/mol. The number of amides is 1. The molecule has 0 unspecified atom stereocenters. The van der Waals surface area contributed by atoms with Crippen molar-refractivity contribution in [2.24, 2.45) is 5.10 Å². The minimum absolute atomic E-state index is 0.181. The van der Waals surface area contributed by atoms with Crippen LogP contribution in [0, 0.1) is 13.8 Å². The van der Waals surface area contributed by atoms with Crippen LogP contribution in [0.2, 0.25) is 0 Å². The molecule has 0 spiro atoms. The molecule has 0 saturated carbocycles. The van der Waals surface area contributed by atoms with Crippen molar-refractivity contribution < 1.29 is 4.79 Å². The Morgan fingerprint density at radius 3 is 2.58 bits per heavy atom. The second-order valence-corrected chi connectivity index (χ2v) is 6.33. The fourth-order valence-electron chi connectivity index (χ4n) is 1.83. The van der Waals surface area contributed by atoms with E-state index in [1.54, 1.807) is 6.08 Å². The van der Waals surface area contributed by atoms with Crippen LogP contribution in [-0.4, -0.2) is 27.8 Å². The van der Waals surface area contributed by atoms with Crippen molar-refractivity contribution >= 4 is 41.6 Å². The molecule has 1 aromatic carbocycles. The lowest BCUT2D eigenvalue weighted by Crippen LogP contribution is -2.19. The molecule has 1 aromatic heterocycles. The van der Waals surface area contributed by atoms with Gasteiger partial charge < -0.3 is 0 Å². The molecule has 0 bridgehead atoms. The van der Waals surface area contributed by atoms with Crippen molar-refractivity contribution in [2.45, 2.75) is 19.0 Å². The third kappa shape index (κ3) is 6.52. The SMILES string of the molecule is Cc1cc(C)nc(SCC(=O)N/N=C\C(Cl)=C\c2ccccc2)n1. The molecule has 0 radical (unpaired) electrons. The Kier molecular flexibility index (Phi) is 6.96. The van der Waals surface area contributed by atoms with E-state index in [9.17, 15) is 4.79 Å². The highest BCUT2D eigenvalue weighted by molar-refractivity contribution is 7.99. The number of halogens is 1. The van der Waals surface area contributed by atoms with Crippen molar-refractivity contribution in [3.63, 3.8) is 0 Å². The van der Waals surface area contributed by atoms with Gasteiger partial charge in [0, 0.05) is 11.4 Å². The van der Waals surface area contributed by atoms with Crippen LogP contribution in [0.4, 0.5) is 0 Å². The van der Waals surface area contributed by atoms with Crippen LogP contribution in [0.1, 0.15) is 17.0 Å². The quantitative estimate of drug-likeness (QED) is 0.370. The Hall–Kier alpha value is -2.18. The lowest BCUT2D eigenvalue weighted by atomic mass is 10.2. The summed E-state index contributed by atoms with van der Waals surface area (Å²) in [6.07, 6.45) is 3.15. The van der Waals surface area contributed by atoms with Crippen LogP contribution in [0.25, 0.3) is 6.08 Å². The van der Waals surface area contributed by atoms with E-state index in [1.807, 2.05) is 50.2 Å². The molecular weight excluding hydrogens is 344 g/mol.